The van der Waals surface area contributed by atoms with Crippen LogP contribution in [0.25, 0.3) is 0 Å². The third-order valence-electron chi connectivity index (χ3n) is 14.5. The lowest BCUT2D eigenvalue weighted by atomic mass is 10.0. The van der Waals surface area contributed by atoms with Crippen LogP contribution >= 0.6 is 0 Å². The minimum atomic E-state index is -0.545. The van der Waals surface area contributed by atoms with Crippen LogP contribution in [0.5, 0.6) is 0 Å². The van der Waals surface area contributed by atoms with Gasteiger partial charge in [0.2, 0.25) is 0 Å². The summed E-state index contributed by atoms with van der Waals surface area (Å²) in [6, 6.07) is 0. The van der Waals surface area contributed by atoms with Gasteiger partial charge in [-0.3, -0.25) is 9.59 Å². The molecule has 0 spiro atoms. The van der Waals surface area contributed by atoms with Crippen molar-refractivity contribution in [1.82, 2.24) is 0 Å². The van der Waals surface area contributed by atoms with E-state index in [1.807, 2.05) is 0 Å². The summed E-state index contributed by atoms with van der Waals surface area (Å²) in [7, 11) is 0. The molecule has 0 aromatic heterocycles. The number of esters is 2. The van der Waals surface area contributed by atoms with E-state index in [9.17, 15) is 9.59 Å². The third-order valence-corrected chi connectivity index (χ3v) is 14.5. The largest absolute Gasteiger partial charge is 0.462 e. The van der Waals surface area contributed by atoms with E-state index in [-0.39, 0.29) is 25.2 Å². The Balaban J connectivity index is 4.28. The molecule has 0 rings (SSSR count). The fourth-order valence-corrected chi connectivity index (χ4v) is 9.61. The van der Waals surface area contributed by atoms with Crippen LogP contribution in [0.15, 0.2) is 60.8 Å². The molecule has 1 atom stereocenters. The number of hydrogen-bond donors (Lipinski definition) is 0. The van der Waals surface area contributed by atoms with Gasteiger partial charge in [-0.15, -0.1) is 0 Å². The molecule has 1 unspecified atom stereocenters. The van der Waals surface area contributed by atoms with Gasteiger partial charge < -0.3 is 14.2 Å². The first-order valence-electron chi connectivity index (χ1n) is 32.8. The SMILES string of the molecule is CCCCC/C=C\C/C=C\C/C=C\CCCCCCCCC(=O)OCC(COCCCCCCCCCCCCCCCCCCCCCC)OC(=O)CCCCCCCCCCC/C=C\C/C=C\CCCCC. The summed E-state index contributed by atoms with van der Waals surface area (Å²) in [5.41, 5.74) is 0. The number of allylic oxidation sites excluding steroid dienone is 10. The maximum absolute atomic E-state index is 12.9. The number of rotatable bonds is 61. The Kier molecular flexibility index (Phi) is 62.8. The number of carbonyl (C=O) groups excluding carboxylic acids is 2. The van der Waals surface area contributed by atoms with E-state index < -0.39 is 6.10 Å². The quantitative estimate of drug-likeness (QED) is 0.0345. The van der Waals surface area contributed by atoms with Gasteiger partial charge in [-0.05, 0) is 89.9 Å². The number of ether oxygens (including phenoxy) is 3. The van der Waals surface area contributed by atoms with E-state index in [0.717, 1.165) is 64.2 Å². The summed E-state index contributed by atoms with van der Waals surface area (Å²) in [6.45, 7) is 7.83. The van der Waals surface area contributed by atoms with Gasteiger partial charge in [0, 0.05) is 19.4 Å². The zero-order valence-electron chi connectivity index (χ0n) is 49.9. The lowest BCUT2D eigenvalue weighted by Crippen LogP contribution is -2.30. The normalized spacial score (nSPS) is 12.5. The number of hydrogen-bond acceptors (Lipinski definition) is 5. The van der Waals surface area contributed by atoms with Gasteiger partial charge in [-0.1, -0.05) is 300 Å². The van der Waals surface area contributed by atoms with Crippen LogP contribution in [-0.4, -0.2) is 37.9 Å². The highest BCUT2D eigenvalue weighted by atomic mass is 16.6. The Morgan fingerprint density at radius 2 is 0.568 bits per heavy atom. The average molecular weight is 1040 g/mol. The maximum atomic E-state index is 12.9. The van der Waals surface area contributed by atoms with Crippen molar-refractivity contribution in [2.75, 3.05) is 19.8 Å². The molecular weight excluding hydrogens is 909 g/mol. The molecule has 0 aromatic carbocycles. The van der Waals surface area contributed by atoms with Crippen molar-refractivity contribution < 1.29 is 23.8 Å². The predicted octanol–water partition coefficient (Wildman–Crippen LogP) is 22.8. The fourth-order valence-electron chi connectivity index (χ4n) is 9.61. The minimum Gasteiger partial charge on any atom is -0.462 e. The van der Waals surface area contributed by atoms with E-state index in [2.05, 4.69) is 81.5 Å². The second-order valence-corrected chi connectivity index (χ2v) is 22.0. The van der Waals surface area contributed by atoms with E-state index in [1.54, 1.807) is 0 Å². The summed E-state index contributed by atoms with van der Waals surface area (Å²) in [5, 5.41) is 0. The van der Waals surface area contributed by atoms with Gasteiger partial charge in [0.15, 0.2) is 6.10 Å². The highest BCUT2D eigenvalue weighted by molar-refractivity contribution is 5.70. The molecule has 5 heteroatoms. The van der Waals surface area contributed by atoms with Gasteiger partial charge in [0.25, 0.3) is 0 Å². The third kappa shape index (κ3) is 62.1. The van der Waals surface area contributed by atoms with Crippen molar-refractivity contribution in [2.24, 2.45) is 0 Å². The van der Waals surface area contributed by atoms with Crippen LogP contribution in [0.4, 0.5) is 0 Å². The molecule has 0 aliphatic rings. The predicted molar refractivity (Wildman–Crippen MR) is 325 cm³/mol. The van der Waals surface area contributed by atoms with Crippen LogP contribution in [0.3, 0.4) is 0 Å². The monoisotopic (exact) mass is 1030 g/mol. The first-order chi connectivity index (χ1) is 36.6. The molecule has 0 bridgehead atoms. The Morgan fingerprint density at radius 3 is 0.932 bits per heavy atom. The molecule has 0 aliphatic heterocycles. The highest BCUT2D eigenvalue weighted by Crippen LogP contribution is 2.17. The molecule has 0 N–H and O–H groups in total. The summed E-state index contributed by atoms with van der Waals surface area (Å²) in [5.74, 6) is -0.398. The van der Waals surface area contributed by atoms with E-state index in [0.29, 0.717) is 19.4 Å². The van der Waals surface area contributed by atoms with Gasteiger partial charge in [-0.25, -0.2) is 0 Å². The van der Waals surface area contributed by atoms with Gasteiger partial charge in [0.1, 0.15) is 6.61 Å². The summed E-state index contributed by atoms with van der Waals surface area (Å²) in [6.07, 6.45) is 84.0. The lowest BCUT2D eigenvalue weighted by molar-refractivity contribution is -0.163. The van der Waals surface area contributed by atoms with Crippen LogP contribution < -0.4 is 0 Å². The van der Waals surface area contributed by atoms with Crippen molar-refractivity contribution in [3.8, 4) is 0 Å². The molecule has 0 radical (unpaired) electrons. The molecule has 0 amide bonds. The van der Waals surface area contributed by atoms with Crippen molar-refractivity contribution >= 4 is 11.9 Å². The van der Waals surface area contributed by atoms with E-state index in [4.69, 9.17) is 14.2 Å². The Morgan fingerprint density at radius 1 is 0.297 bits per heavy atom. The fraction of sp³-hybridized carbons (Fsp3) is 0.826. The average Bonchev–Trinajstić information content (AvgIpc) is 3.40. The van der Waals surface area contributed by atoms with Crippen molar-refractivity contribution in [3.63, 3.8) is 0 Å². The molecule has 0 saturated carbocycles. The second-order valence-electron chi connectivity index (χ2n) is 22.0. The number of unbranched alkanes of at least 4 members (excludes halogenated alkanes) is 40. The van der Waals surface area contributed by atoms with Crippen molar-refractivity contribution in [2.45, 2.75) is 348 Å². The van der Waals surface area contributed by atoms with E-state index in [1.165, 1.54) is 244 Å². The summed E-state index contributed by atoms with van der Waals surface area (Å²) in [4.78, 5) is 25.7. The zero-order valence-corrected chi connectivity index (χ0v) is 49.9. The maximum Gasteiger partial charge on any atom is 0.306 e. The molecule has 0 heterocycles. The Hall–Kier alpha value is -2.40. The minimum absolute atomic E-state index is 0.0795. The van der Waals surface area contributed by atoms with Crippen molar-refractivity contribution in [1.29, 1.82) is 0 Å². The van der Waals surface area contributed by atoms with Crippen LogP contribution in [0.2, 0.25) is 0 Å². The molecule has 0 saturated heterocycles. The standard InChI is InChI=1S/C69H126O5/c1-4-7-10-13-16-19-22-25-28-31-34-37-40-43-46-49-52-55-58-61-64-72-65-67(74-69(71)63-60-57-54-51-48-45-42-39-36-33-30-27-24-21-18-15-12-9-6-3)66-73-68(70)62-59-56-53-50-47-44-41-38-35-32-29-26-23-20-17-14-11-8-5-2/h17-18,20-21,26-27,29-30,35,38,67H,4-16,19,22-25,28,31-34,36-37,39-66H2,1-3H3/b20-17-,21-18-,29-26-,30-27-,38-35-. The first kappa shape index (κ1) is 71.6. The topological polar surface area (TPSA) is 61.8 Å². The smallest absolute Gasteiger partial charge is 0.306 e. The van der Waals surface area contributed by atoms with Crippen molar-refractivity contribution in [3.05, 3.63) is 60.8 Å². The van der Waals surface area contributed by atoms with Gasteiger partial charge in [-0.2, -0.15) is 0 Å². The van der Waals surface area contributed by atoms with Crippen LogP contribution in [-0.2, 0) is 23.8 Å². The summed E-state index contributed by atoms with van der Waals surface area (Å²) < 4.78 is 17.6. The van der Waals surface area contributed by atoms with Crippen LogP contribution in [0.1, 0.15) is 342 Å². The zero-order chi connectivity index (χ0) is 53.4. The molecular formula is C69H126O5. The van der Waals surface area contributed by atoms with Crippen LogP contribution in [0, 0.1) is 0 Å². The molecule has 0 fully saturated rings. The molecule has 432 valence electrons. The van der Waals surface area contributed by atoms with Gasteiger partial charge in [0.05, 0.1) is 6.61 Å². The summed E-state index contributed by atoms with van der Waals surface area (Å²) >= 11 is 0. The molecule has 74 heavy (non-hydrogen) atoms. The van der Waals surface area contributed by atoms with Gasteiger partial charge >= 0.3 is 11.9 Å². The van der Waals surface area contributed by atoms with E-state index >= 15 is 0 Å². The first-order valence-corrected chi connectivity index (χ1v) is 32.8. The molecule has 0 aromatic rings. The number of carbonyl (C=O) groups is 2. The lowest BCUT2D eigenvalue weighted by Gasteiger charge is -2.18. The molecule has 5 nitrogen and oxygen atoms in total. The molecule has 0 aliphatic carbocycles. The second kappa shape index (κ2) is 64.9. The Labute approximate surface area is 462 Å². The highest BCUT2D eigenvalue weighted by Gasteiger charge is 2.18. The Bertz CT molecular complexity index is 1260.